The van der Waals surface area contributed by atoms with E-state index in [9.17, 15) is 14.9 Å². The molecule has 15 heavy (non-hydrogen) atoms. The van der Waals surface area contributed by atoms with Gasteiger partial charge in [-0.15, -0.1) is 0 Å². The summed E-state index contributed by atoms with van der Waals surface area (Å²) in [7, 11) is 0. The van der Waals surface area contributed by atoms with Crippen LogP contribution >= 0.6 is 11.3 Å². The summed E-state index contributed by atoms with van der Waals surface area (Å²) in [5.41, 5.74) is -0.953. The van der Waals surface area contributed by atoms with Crippen LogP contribution in [-0.4, -0.2) is 26.5 Å². The van der Waals surface area contributed by atoms with Gasteiger partial charge in [0.1, 0.15) is 11.7 Å². The quantitative estimate of drug-likeness (QED) is 0.591. The number of aliphatic carboxylic acids is 1. The second-order valence-corrected chi connectivity index (χ2v) is 4.28. The van der Waals surface area contributed by atoms with Gasteiger partial charge in [-0.1, -0.05) is 0 Å². The van der Waals surface area contributed by atoms with Gasteiger partial charge < -0.3 is 10.4 Å². The summed E-state index contributed by atoms with van der Waals surface area (Å²) in [6, 6.07) is 0. The number of aromatic nitrogens is 1. The van der Waals surface area contributed by atoms with E-state index in [1.807, 2.05) is 0 Å². The Kier molecular flexibility index (Phi) is 2.07. The second kappa shape index (κ2) is 3.16. The molecule has 1 saturated carbocycles. The second-order valence-electron chi connectivity index (χ2n) is 3.27. The van der Waals surface area contributed by atoms with E-state index in [4.69, 9.17) is 5.11 Å². The van der Waals surface area contributed by atoms with Gasteiger partial charge in [-0.2, -0.15) is 0 Å². The lowest BCUT2D eigenvalue weighted by Gasteiger charge is -2.09. The van der Waals surface area contributed by atoms with Crippen molar-refractivity contribution >= 4 is 27.4 Å². The molecule has 0 saturated heterocycles. The van der Waals surface area contributed by atoms with Crippen molar-refractivity contribution in [2.45, 2.75) is 18.4 Å². The Morgan fingerprint density at radius 2 is 2.40 bits per heavy atom. The average Bonchev–Trinajstić information content (AvgIpc) is 2.76. The summed E-state index contributed by atoms with van der Waals surface area (Å²) in [4.78, 5) is 24.4. The first kappa shape index (κ1) is 9.84. The first-order chi connectivity index (χ1) is 7.03. The predicted molar refractivity (Wildman–Crippen MR) is 52.0 cm³/mol. The molecule has 1 heterocycles. The molecule has 7 nitrogen and oxygen atoms in total. The van der Waals surface area contributed by atoms with Gasteiger partial charge >= 0.3 is 11.0 Å². The van der Waals surface area contributed by atoms with E-state index in [1.54, 1.807) is 0 Å². The molecular formula is C7H7N3O4S. The molecule has 80 valence electrons. The number of thiazole rings is 1. The number of carbonyl (C=O) groups is 1. The highest BCUT2D eigenvalue weighted by Crippen LogP contribution is 2.40. The standard InChI is InChI=1S/C7H7N3O4S/c11-5(12)7(1-2-7)9-6-8-3-4(15-6)10(13)14/h3H,1-2H2,(H,8,9)(H,11,12). The van der Waals surface area contributed by atoms with Crippen molar-refractivity contribution in [2.75, 3.05) is 5.32 Å². The van der Waals surface area contributed by atoms with Gasteiger partial charge in [0.25, 0.3) is 0 Å². The lowest BCUT2D eigenvalue weighted by molar-refractivity contribution is -0.380. The third kappa shape index (κ3) is 1.75. The molecule has 2 rings (SSSR count). The van der Waals surface area contributed by atoms with E-state index in [-0.39, 0.29) is 10.1 Å². The van der Waals surface area contributed by atoms with Crippen LogP contribution in [0, 0.1) is 10.1 Å². The lowest BCUT2D eigenvalue weighted by atomic mass is 10.3. The smallest absolute Gasteiger partial charge is 0.345 e. The van der Waals surface area contributed by atoms with Crippen LogP contribution in [-0.2, 0) is 4.79 Å². The largest absolute Gasteiger partial charge is 0.480 e. The van der Waals surface area contributed by atoms with Crippen molar-refractivity contribution < 1.29 is 14.8 Å². The van der Waals surface area contributed by atoms with Crippen molar-refractivity contribution in [3.8, 4) is 0 Å². The summed E-state index contributed by atoms with van der Waals surface area (Å²) in [5, 5.41) is 22.1. The number of nitro groups is 1. The van der Waals surface area contributed by atoms with Crippen LogP contribution in [0.4, 0.5) is 10.1 Å². The van der Waals surface area contributed by atoms with E-state index in [0.29, 0.717) is 12.8 Å². The molecule has 1 aliphatic carbocycles. The van der Waals surface area contributed by atoms with Gasteiger partial charge in [0.05, 0.1) is 4.92 Å². The lowest BCUT2D eigenvalue weighted by Crippen LogP contribution is -2.31. The highest BCUT2D eigenvalue weighted by Gasteiger charge is 2.51. The number of hydrogen-bond acceptors (Lipinski definition) is 6. The van der Waals surface area contributed by atoms with E-state index in [1.165, 1.54) is 0 Å². The van der Waals surface area contributed by atoms with Crippen molar-refractivity contribution in [3.05, 3.63) is 16.3 Å². The van der Waals surface area contributed by atoms with Crippen LogP contribution in [0.3, 0.4) is 0 Å². The molecule has 1 fully saturated rings. The highest BCUT2D eigenvalue weighted by atomic mass is 32.1. The van der Waals surface area contributed by atoms with Crippen molar-refractivity contribution in [3.63, 3.8) is 0 Å². The topological polar surface area (TPSA) is 105 Å². The van der Waals surface area contributed by atoms with E-state index in [0.717, 1.165) is 17.5 Å². The minimum absolute atomic E-state index is 0.0984. The molecule has 0 spiro atoms. The Balaban J connectivity index is 2.12. The van der Waals surface area contributed by atoms with E-state index in [2.05, 4.69) is 10.3 Å². The number of anilines is 1. The van der Waals surface area contributed by atoms with Crippen LogP contribution in [0.15, 0.2) is 6.20 Å². The van der Waals surface area contributed by atoms with Crippen molar-refractivity contribution in [1.82, 2.24) is 4.98 Å². The van der Waals surface area contributed by atoms with Crippen LogP contribution in [0.2, 0.25) is 0 Å². The average molecular weight is 229 g/mol. The van der Waals surface area contributed by atoms with Gasteiger partial charge in [-0.05, 0) is 24.2 Å². The van der Waals surface area contributed by atoms with Gasteiger partial charge in [0.15, 0.2) is 5.13 Å². The number of hydrogen-bond donors (Lipinski definition) is 2. The number of nitrogens with zero attached hydrogens (tertiary/aromatic N) is 2. The molecule has 0 aliphatic heterocycles. The zero-order valence-corrected chi connectivity index (χ0v) is 8.28. The minimum atomic E-state index is -0.953. The predicted octanol–water partition coefficient (Wildman–Crippen LogP) is 1.08. The zero-order chi connectivity index (χ0) is 11.1. The number of rotatable bonds is 4. The Morgan fingerprint density at radius 3 is 2.80 bits per heavy atom. The molecule has 1 aromatic heterocycles. The van der Waals surface area contributed by atoms with E-state index >= 15 is 0 Å². The Morgan fingerprint density at radius 1 is 1.73 bits per heavy atom. The summed E-state index contributed by atoms with van der Waals surface area (Å²) < 4.78 is 0. The molecule has 0 aromatic carbocycles. The van der Waals surface area contributed by atoms with Gasteiger partial charge in [0, 0.05) is 0 Å². The fraction of sp³-hybridized carbons (Fsp3) is 0.429. The molecule has 0 amide bonds. The third-order valence-electron chi connectivity index (χ3n) is 2.18. The van der Waals surface area contributed by atoms with Crippen LogP contribution in [0.25, 0.3) is 0 Å². The molecule has 1 aromatic rings. The maximum atomic E-state index is 10.8. The molecule has 0 radical (unpaired) electrons. The van der Waals surface area contributed by atoms with E-state index < -0.39 is 16.4 Å². The van der Waals surface area contributed by atoms with Crippen molar-refractivity contribution in [1.29, 1.82) is 0 Å². The Bertz CT molecular complexity index is 426. The molecule has 0 unspecified atom stereocenters. The summed E-state index contributed by atoms with van der Waals surface area (Å²) in [6.45, 7) is 0. The third-order valence-corrected chi connectivity index (χ3v) is 3.04. The first-order valence-electron chi connectivity index (χ1n) is 4.15. The molecular weight excluding hydrogens is 222 g/mol. The van der Waals surface area contributed by atoms with Gasteiger partial charge in [-0.25, -0.2) is 9.78 Å². The Hall–Kier alpha value is -1.70. The van der Waals surface area contributed by atoms with Crippen molar-refractivity contribution in [2.24, 2.45) is 0 Å². The molecule has 2 N–H and O–H groups in total. The molecule has 0 bridgehead atoms. The van der Waals surface area contributed by atoms with Gasteiger partial charge in [0.2, 0.25) is 0 Å². The highest BCUT2D eigenvalue weighted by molar-refractivity contribution is 7.18. The first-order valence-corrected chi connectivity index (χ1v) is 4.97. The monoisotopic (exact) mass is 229 g/mol. The maximum Gasteiger partial charge on any atom is 0.345 e. The summed E-state index contributed by atoms with van der Waals surface area (Å²) in [6.07, 6.45) is 2.16. The number of carboxylic acid groups (broad SMARTS) is 1. The normalized spacial score (nSPS) is 17.1. The molecule has 1 aliphatic rings. The van der Waals surface area contributed by atoms with Crippen LogP contribution < -0.4 is 5.32 Å². The Labute approximate surface area is 87.9 Å². The van der Waals surface area contributed by atoms with Gasteiger partial charge in [-0.3, -0.25) is 10.1 Å². The minimum Gasteiger partial charge on any atom is -0.480 e. The fourth-order valence-electron chi connectivity index (χ4n) is 1.13. The zero-order valence-electron chi connectivity index (χ0n) is 7.47. The van der Waals surface area contributed by atoms with Crippen LogP contribution in [0.5, 0.6) is 0 Å². The number of nitrogens with one attached hydrogen (secondary N) is 1. The maximum absolute atomic E-state index is 10.8. The summed E-state index contributed by atoms with van der Waals surface area (Å²) in [5.74, 6) is -0.944. The fourth-order valence-corrected chi connectivity index (χ4v) is 1.86. The molecule has 8 heteroatoms. The number of carboxylic acids is 1. The molecule has 0 atom stereocenters. The summed E-state index contributed by atoms with van der Waals surface area (Å²) >= 11 is 0.841. The van der Waals surface area contributed by atoms with Crippen LogP contribution in [0.1, 0.15) is 12.8 Å². The SMILES string of the molecule is O=C(O)C1(Nc2ncc([N+](=O)[O-])s2)CC1.